The van der Waals surface area contributed by atoms with E-state index >= 15 is 0 Å². The summed E-state index contributed by atoms with van der Waals surface area (Å²) in [5.41, 5.74) is -10.8. The van der Waals surface area contributed by atoms with Crippen LogP contribution in [0.25, 0.3) is 66.4 Å². The average Bonchev–Trinajstić information content (AvgIpc) is 1.58. The molecule has 0 radical (unpaired) electrons. The summed E-state index contributed by atoms with van der Waals surface area (Å²) in [5.74, 6) is 0. The van der Waals surface area contributed by atoms with Crippen molar-refractivity contribution in [2.75, 3.05) is 4.90 Å². The lowest BCUT2D eigenvalue weighted by Gasteiger charge is -2.30. The fourth-order valence-corrected chi connectivity index (χ4v) is 6.83. The van der Waals surface area contributed by atoms with Gasteiger partial charge in [-0.25, -0.2) is 0 Å². The zero-order chi connectivity index (χ0) is 62.7. The summed E-state index contributed by atoms with van der Waals surface area (Å²) in [4.78, 5) is 0.643. The molecule has 0 aliphatic heterocycles. The van der Waals surface area contributed by atoms with Gasteiger partial charge in [-0.05, 0) is 102 Å². The van der Waals surface area contributed by atoms with Gasteiger partial charge in [0.1, 0.15) is 0 Å². The molecule has 0 saturated carbocycles. The van der Waals surface area contributed by atoms with Gasteiger partial charge in [-0.3, -0.25) is 0 Å². The fourth-order valence-electron chi connectivity index (χ4n) is 6.83. The van der Waals surface area contributed by atoms with Crippen LogP contribution < -0.4 is 4.90 Å². The van der Waals surface area contributed by atoms with Crippen molar-refractivity contribution in [3.63, 3.8) is 0 Å². The molecule has 1 heteroatoms. The minimum Gasteiger partial charge on any atom is -0.310 e. The van der Waals surface area contributed by atoms with Crippen LogP contribution in [0.1, 0.15) is 64.6 Å². The molecule has 0 amide bonds. The number of benzene rings is 9. The van der Waals surface area contributed by atoms with E-state index in [1.165, 1.54) is 54.6 Å². The molecule has 1 aliphatic rings. The van der Waals surface area contributed by atoms with Gasteiger partial charge in [0.2, 0.25) is 0 Å². The van der Waals surface area contributed by atoms with Crippen LogP contribution in [0.2, 0.25) is 0 Å². The van der Waals surface area contributed by atoms with Crippen LogP contribution in [0.15, 0.2) is 212 Å². The van der Waals surface area contributed by atoms with Gasteiger partial charge in [0, 0.05) is 30.6 Å². The number of rotatable bonds is 7. The summed E-state index contributed by atoms with van der Waals surface area (Å²) >= 11 is 0. The first-order valence-electron chi connectivity index (χ1n) is 31.6. The van der Waals surface area contributed by atoms with Gasteiger partial charge in [0.05, 0.1) is 37.2 Å². The van der Waals surface area contributed by atoms with Crippen LogP contribution >= 0.6 is 0 Å². The average molecular weight is 745 g/mol. The van der Waals surface area contributed by atoms with E-state index in [9.17, 15) is 15.1 Å². The van der Waals surface area contributed by atoms with Crippen LogP contribution in [0.4, 0.5) is 17.1 Å². The summed E-state index contributed by atoms with van der Waals surface area (Å²) in [6.45, 7) is -7.39. The molecule has 0 aromatic heterocycles. The first-order chi connectivity index (χ1) is 39.6. The van der Waals surface area contributed by atoms with Gasteiger partial charge >= 0.3 is 0 Å². The minimum absolute atomic E-state index is 0.0514. The van der Waals surface area contributed by atoms with E-state index in [4.69, 9.17) is 24.7 Å². The van der Waals surface area contributed by atoms with Gasteiger partial charge in [0.25, 0.3) is 0 Å². The summed E-state index contributed by atoms with van der Waals surface area (Å²) < 4.78 is 264. The number of hydrogen-bond donors (Lipinski definition) is 0. The summed E-state index contributed by atoms with van der Waals surface area (Å²) in [6.07, 6.45) is 0. The highest BCUT2D eigenvalue weighted by atomic mass is 15.1. The molecule has 0 spiro atoms. The molecule has 1 nitrogen and oxygen atoms in total. The van der Waals surface area contributed by atoms with Crippen LogP contribution in [0, 0.1) is 0 Å². The Morgan fingerprint density at radius 1 is 0.429 bits per heavy atom. The minimum atomic E-state index is -3.69. The Bertz CT molecular complexity index is 4360. The normalized spacial score (nSPS) is 20.4. The van der Waals surface area contributed by atoms with Crippen molar-refractivity contribution in [1.82, 2.24) is 0 Å². The summed E-state index contributed by atoms with van der Waals surface area (Å²) in [5, 5.41) is -0.960. The predicted molar refractivity (Wildman–Crippen MR) is 238 cm³/mol. The highest BCUT2D eigenvalue weighted by Gasteiger charge is 2.36. The number of nitrogens with zero attached hydrogens (tertiary/aromatic N) is 1. The standard InChI is InChI=1S/C55H41N/c1-55(2)51-23-13-11-22-49(51)50-36-34-45(37-52(50)55)56(53-24-14-12-20-46(53)40-17-7-4-8-18-40)44-32-29-42(30-33-44)48-35-31-41-19-9-10-21-47(41)54(48)43-27-25-39(26-28-43)38-15-5-3-6-16-38/h3-37H,1-2H3/i1D3,2D3,3D,4D,5D,6D,7D,9D,10D,15D,16D,17D,19D,21D,23D,24D,29D,30D,31D,32D,33D,34D,35D,36D,37D. The van der Waals surface area contributed by atoms with Crippen molar-refractivity contribution < 1.29 is 39.8 Å². The Morgan fingerprint density at radius 2 is 1.12 bits per heavy atom. The molecule has 0 fully saturated rings. The second kappa shape index (κ2) is 13.7. The van der Waals surface area contributed by atoms with Crippen molar-refractivity contribution in [2.24, 2.45) is 0 Å². The van der Waals surface area contributed by atoms with Crippen LogP contribution in [0.5, 0.6) is 0 Å². The number of para-hydroxylation sites is 1. The molecule has 10 rings (SSSR count). The van der Waals surface area contributed by atoms with E-state index in [-0.39, 0.29) is 38.9 Å². The maximum absolute atomic E-state index is 10.1. The summed E-state index contributed by atoms with van der Waals surface area (Å²) in [6, 6.07) is -3.84. The van der Waals surface area contributed by atoms with Gasteiger partial charge < -0.3 is 4.90 Å². The Balaban J connectivity index is 1.37. The Morgan fingerprint density at radius 3 is 1.96 bits per heavy atom. The van der Waals surface area contributed by atoms with E-state index in [0.717, 1.165) is 18.2 Å². The first-order valence-corrected chi connectivity index (χ1v) is 17.1. The Labute approximate surface area is 370 Å². The molecule has 0 bridgehead atoms. The lowest BCUT2D eigenvalue weighted by atomic mass is 9.82. The smallest absolute Gasteiger partial charge is 0.0648 e. The van der Waals surface area contributed by atoms with Crippen molar-refractivity contribution in [2.45, 2.75) is 19.1 Å². The van der Waals surface area contributed by atoms with Crippen molar-refractivity contribution in [3.8, 4) is 55.6 Å². The van der Waals surface area contributed by atoms with Gasteiger partial charge in [-0.2, -0.15) is 0 Å². The van der Waals surface area contributed by atoms with Crippen LogP contribution in [-0.2, 0) is 5.41 Å². The van der Waals surface area contributed by atoms with Crippen molar-refractivity contribution in [3.05, 3.63) is 223 Å². The third-order valence-electron chi connectivity index (χ3n) is 9.40. The maximum Gasteiger partial charge on any atom is 0.0648 e. The van der Waals surface area contributed by atoms with Crippen LogP contribution in [0.3, 0.4) is 0 Å². The van der Waals surface area contributed by atoms with Gasteiger partial charge in [-0.15, -0.1) is 0 Å². The quantitative estimate of drug-likeness (QED) is 0.157. The Kier molecular flexibility index (Phi) is 3.66. The highest BCUT2D eigenvalue weighted by molar-refractivity contribution is 6.04. The fraction of sp³-hybridized carbons (Fsp3) is 0.0545. The second-order valence-electron chi connectivity index (χ2n) is 12.6. The van der Waals surface area contributed by atoms with E-state index < -0.39 is 214 Å². The van der Waals surface area contributed by atoms with Gasteiger partial charge in [0.15, 0.2) is 0 Å². The number of fused-ring (bicyclic) bond motifs is 4. The SMILES string of the molecule is [2H]c1ccc(-c2cccc([2H])c2N(c2c([2H])c([2H])c(-c3c([2H])c([2H])c4c([2H])c([2H])c([2H])c([2H])c4c3-c3ccc(-c4c([2H])c([2H])c([2H])c([2H])c4[2H])cc3)c([2H])c2[2H])c2c([2H])c([2H])c3c(c2[2H])C(C([2H])([2H])[2H])(C([2H])([2H])[2H])c2c([2H])cccc2-3)c([2H])c1[2H]. The molecule has 1 aliphatic carbocycles. The van der Waals surface area contributed by atoms with Crippen molar-refractivity contribution >= 4 is 27.8 Å². The molecule has 0 unspecified atom stereocenters. The van der Waals surface area contributed by atoms with Crippen LogP contribution in [-0.4, -0.2) is 0 Å². The van der Waals surface area contributed by atoms with Gasteiger partial charge in [-0.1, -0.05) is 195 Å². The molecule has 0 heterocycles. The maximum atomic E-state index is 10.1. The molecule has 0 saturated heterocycles. The lowest BCUT2D eigenvalue weighted by Crippen LogP contribution is -2.16. The predicted octanol–water partition coefficient (Wildman–Crippen LogP) is 15.3. The zero-order valence-electron chi connectivity index (χ0n) is 57.9. The molecule has 0 atom stereocenters. The van der Waals surface area contributed by atoms with E-state index in [0.29, 0.717) is 4.90 Å². The van der Waals surface area contributed by atoms with Crippen molar-refractivity contribution in [1.29, 1.82) is 0 Å². The molecule has 266 valence electrons. The number of hydrogen-bond acceptors (Lipinski definition) is 1. The molecular formula is C55H41N. The topological polar surface area (TPSA) is 3.24 Å². The third-order valence-corrected chi connectivity index (χ3v) is 9.40. The highest BCUT2D eigenvalue weighted by Crippen LogP contribution is 2.51. The van der Waals surface area contributed by atoms with E-state index in [1.807, 2.05) is 0 Å². The first kappa shape index (κ1) is 14.9. The molecule has 9 aromatic carbocycles. The van der Waals surface area contributed by atoms with E-state index in [1.54, 1.807) is 0 Å². The largest absolute Gasteiger partial charge is 0.310 e. The summed E-state index contributed by atoms with van der Waals surface area (Å²) in [7, 11) is 0. The second-order valence-corrected chi connectivity index (χ2v) is 12.6. The van der Waals surface area contributed by atoms with E-state index in [2.05, 4.69) is 0 Å². The molecule has 0 N–H and O–H groups in total. The Hall–Kier alpha value is -6.96. The lowest BCUT2D eigenvalue weighted by molar-refractivity contribution is 0.660. The molecule has 9 aromatic rings. The zero-order valence-corrected chi connectivity index (χ0v) is 28.9. The monoisotopic (exact) mass is 745 g/mol. The molecular weight excluding hydrogens is 675 g/mol. The number of anilines is 3. The third kappa shape index (κ3) is 5.72. The molecule has 56 heavy (non-hydrogen) atoms.